The van der Waals surface area contributed by atoms with E-state index in [9.17, 15) is 5.11 Å². The van der Waals surface area contributed by atoms with Crippen molar-refractivity contribution in [3.63, 3.8) is 0 Å². The smallest absolute Gasteiger partial charge is 0.124 e. The third-order valence-electron chi connectivity index (χ3n) is 2.10. The van der Waals surface area contributed by atoms with Crippen molar-refractivity contribution in [2.24, 2.45) is 0 Å². The minimum absolute atomic E-state index is 0.157. The van der Waals surface area contributed by atoms with Gasteiger partial charge in [-0.3, -0.25) is 0 Å². The largest absolute Gasteiger partial charge is 0.507 e. The summed E-state index contributed by atoms with van der Waals surface area (Å²) in [6.45, 7) is 0. The molecule has 3 heteroatoms. The molecule has 0 atom stereocenters. The first kappa shape index (κ1) is 10.3. The van der Waals surface area contributed by atoms with Crippen LogP contribution in [0.25, 0.3) is 11.1 Å². The van der Waals surface area contributed by atoms with Crippen molar-refractivity contribution in [1.82, 2.24) is 0 Å². The number of hydrogen-bond donors (Lipinski definition) is 1. The van der Waals surface area contributed by atoms with Gasteiger partial charge in [-0.1, -0.05) is 41.4 Å². The van der Waals surface area contributed by atoms with Crippen LogP contribution < -0.4 is 0 Å². The first-order valence-corrected chi connectivity index (χ1v) is 5.17. The molecule has 0 bridgehead atoms. The van der Waals surface area contributed by atoms with Gasteiger partial charge in [0.15, 0.2) is 0 Å². The standard InChI is InChI=1S/C12H8Cl2O/c13-9-4-1-3-8(7-9)12-10(14)5-2-6-11(12)15/h1-7,15H. The van der Waals surface area contributed by atoms with E-state index in [1.54, 1.807) is 30.3 Å². The normalized spacial score (nSPS) is 10.3. The number of benzene rings is 2. The molecule has 1 N–H and O–H groups in total. The van der Waals surface area contributed by atoms with E-state index in [-0.39, 0.29) is 5.75 Å². The zero-order valence-electron chi connectivity index (χ0n) is 7.74. The van der Waals surface area contributed by atoms with Crippen molar-refractivity contribution in [2.45, 2.75) is 0 Å². The number of hydrogen-bond acceptors (Lipinski definition) is 1. The fourth-order valence-corrected chi connectivity index (χ4v) is 1.91. The molecular formula is C12H8Cl2O. The highest BCUT2D eigenvalue weighted by atomic mass is 35.5. The molecule has 0 saturated carbocycles. The monoisotopic (exact) mass is 238 g/mol. The van der Waals surface area contributed by atoms with Crippen LogP contribution in [0.3, 0.4) is 0 Å². The predicted octanol–water partition coefficient (Wildman–Crippen LogP) is 4.37. The van der Waals surface area contributed by atoms with E-state index < -0.39 is 0 Å². The highest BCUT2D eigenvalue weighted by Gasteiger charge is 2.08. The predicted molar refractivity (Wildman–Crippen MR) is 63.6 cm³/mol. The Kier molecular flexibility index (Phi) is 2.85. The van der Waals surface area contributed by atoms with Gasteiger partial charge in [0, 0.05) is 10.6 Å². The van der Waals surface area contributed by atoms with Crippen molar-refractivity contribution in [2.75, 3.05) is 0 Å². The summed E-state index contributed by atoms with van der Waals surface area (Å²) in [5.41, 5.74) is 1.42. The summed E-state index contributed by atoms with van der Waals surface area (Å²) < 4.78 is 0. The zero-order chi connectivity index (χ0) is 10.8. The third kappa shape index (κ3) is 2.09. The Hall–Kier alpha value is -1.18. The van der Waals surface area contributed by atoms with Gasteiger partial charge < -0.3 is 5.11 Å². The van der Waals surface area contributed by atoms with Gasteiger partial charge in [-0.15, -0.1) is 0 Å². The van der Waals surface area contributed by atoms with Gasteiger partial charge in [-0.25, -0.2) is 0 Å². The van der Waals surface area contributed by atoms with Gasteiger partial charge in [0.2, 0.25) is 0 Å². The maximum Gasteiger partial charge on any atom is 0.124 e. The Morgan fingerprint density at radius 2 is 1.67 bits per heavy atom. The minimum atomic E-state index is 0.157. The number of rotatable bonds is 1. The summed E-state index contributed by atoms with van der Waals surface area (Å²) in [6.07, 6.45) is 0. The summed E-state index contributed by atoms with van der Waals surface area (Å²) >= 11 is 11.9. The molecule has 0 aliphatic heterocycles. The maximum atomic E-state index is 9.71. The van der Waals surface area contributed by atoms with E-state index in [1.165, 1.54) is 0 Å². The molecule has 0 amide bonds. The van der Waals surface area contributed by atoms with Crippen LogP contribution in [0.5, 0.6) is 5.75 Å². The molecule has 0 aliphatic rings. The SMILES string of the molecule is Oc1cccc(Cl)c1-c1cccc(Cl)c1. The molecule has 0 fully saturated rings. The second-order valence-corrected chi connectivity index (χ2v) is 3.99. The van der Waals surface area contributed by atoms with Gasteiger partial charge in [-0.2, -0.15) is 0 Å². The molecule has 0 heterocycles. The minimum Gasteiger partial charge on any atom is -0.507 e. The van der Waals surface area contributed by atoms with Crippen molar-refractivity contribution in [3.05, 3.63) is 52.5 Å². The summed E-state index contributed by atoms with van der Waals surface area (Å²) in [7, 11) is 0. The lowest BCUT2D eigenvalue weighted by molar-refractivity contribution is 0.477. The summed E-state index contributed by atoms with van der Waals surface area (Å²) in [5.74, 6) is 0.157. The van der Waals surface area contributed by atoms with Crippen molar-refractivity contribution in [3.8, 4) is 16.9 Å². The van der Waals surface area contributed by atoms with Crippen LogP contribution in [0, 0.1) is 0 Å². The van der Waals surface area contributed by atoms with Crippen molar-refractivity contribution in [1.29, 1.82) is 0 Å². The van der Waals surface area contributed by atoms with Crippen LogP contribution in [0.15, 0.2) is 42.5 Å². The molecule has 2 aromatic rings. The topological polar surface area (TPSA) is 20.2 Å². The Balaban J connectivity index is 2.63. The van der Waals surface area contributed by atoms with E-state index in [0.29, 0.717) is 15.6 Å². The van der Waals surface area contributed by atoms with Crippen LogP contribution in [0.4, 0.5) is 0 Å². The molecule has 0 aliphatic carbocycles. The summed E-state index contributed by atoms with van der Waals surface area (Å²) in [5, 5.41) is 10.8. The van der Waals surface area contributed by atoms with Crippen LogP contribution in [-0.2, 0) is 0 Å². The Labute approximate surface area is 97.9 Å². The average molecular weight is 239 g/mol. The van der Waals surface area contributed by atoms with Gasteiger partial charge in [-0.05, 0) is 29.8 Å². The van der Waals surface area contributed by atoms with Crippen LogP contribution in [-0.4, -0.2) is 5.11 Å². The molecule has 0 radical (unpaired) electrons. The molecule has 76 valence electrons. The molecule has 0 unspecified atom stereocenters. The highest BCUT2D eigenvalue weighted by molar-refractivity contribution is 6.34. The lowest BCUT2D eigenvalue weighted by atomic mass is 10.0. The van der Waals surface area contributed by atoms with Crippen LogP contribution in [0.2, 0.25) is 10.0 Å². The molecule has 0 spiro atoms. The Morgan fingerprint density at radius 3 is 2.33 bits per heavy atom. The Morgan fingerprint density at radius 1 is 0.933 bits per heavy atom. The molecule has 15 heavy (non-hydrogen) atoms. The third-order valence-corrected chi connectivity index (χ3v) is 2.65. The quantitative estimate of drug-likeness (QED) is 0.783. The number of aromatic hydroxyl groups is 1. The molecule has 2 rings (SSSR count). The lowest BCUT2D eigenvalue weighted by Crippen LogP contribution is -1.80. The maximum absolute atomic E-state index is 9.71. The van der Waals surface area contributed by atoms with E-state index in [1.807, 2.05) is 12.1 Å². The van der Waals surface area contributed by atoms with E-state index in [0.717, 1.165) is 5.56 Å². The molecule has 1 nitrogen and oxygen atoms in total. The van der Waals surface area contributed by atoms with Gasteiger partial charge in [0.25, 0.3) is 0 Å². The van der Waals surface area contributed by atoms with Crippen molar-refractivity contribution >= 4 is 23.2 Å². The summed E-state index contributed by atoms with van der Waals surface area (Å²) in [4.78, 5) is 0. The second-order valence-electron chi connectivity index (χ2n) is 3.14. The van der Waals surface area contributed by atoms with E-state index >= 15 is 0 Å². The number of halogens is 2. The second kappa shape index (κ2) is 4.13. The first-order valence-electron chi connectivity index (χ1n) is 4.42. The average Bonchev–Trinajstić information content (AvgIpc) is 2.17. The first-order chi connectivity index (χ1) is 7.18. The molecule has 0 aromatic heterocycles. The number of phenols is 1. The van der Waals surface area contributed by atoms with Crippen molar-refractivity contribution < 1.29 is 5.11 Å². The van der Waals surface area contributed by atoms with Crippen LogP contribution >= 0.6 is 23.2 Å². The zero-order valence-corrected chi connectivity index (χ0v) is 9.26. The van der Waals surface area contributed by atoms with E-state index in [2.05, 4.69) is 0 Å². The van der Waals surface area contributed by atoms with Crippen LogP contribution in [0.1, 0.15) is 0 Å². The van der Waals surface area contributed by atoms with Gasteiger partial charge in [0.05, 0.1) is 5.02 Å². The fraction of sp³-hybridized carbons (Fsp3) is 0. The highest BCUT2D eigenvalue weighted by Crippen LogP contribution is 2.36. The lowest BCUT2D eigenvalue weighted by Gasteiger charge is -2.07. The number of phenolic OH excluding ortho intramolecular Hbond substituents is 1. The fourth-order valence-electron chi connectivity index (χ4n) is 1.44. The molecule has 2 aromatic carbocycles. The summed E-state index contributed by atoms with van der Waals surface area (Å²) in [6, 6.07) is 12.3. The van der Waals surface area contributed by atoms with Gasteiger partial charge in [0.1, 0.15) is 5.75 Å². The van der Waals surface area contributed by atoms with Gasteiger partial charge >= 0.3 is 0 Å². The molecular weight excluding hydrogens is 231 g/mol. The Bertz CT molecular complexity index is 474. The van der Waals surface area contributed by atoms with E-state index in [4.69, 9.17) is 23.2 Å². The molecule has 0 saturated heterocycles.